The van der Waals surface area contributed by atoms with Crippen molar-refractivity contribution in [3.63, 3.8) is 0 Å². The van der Waals surface area contributed by atoms with Crippen LogP contribution < -0.4 is 5.73 Å². The van der Waals surface area contributed by atoms with Crippen molar-refractivity contribution >= 4 is 0 Å². The lowest BCUT2D eigenvalue weighted by molar-refractivity contribution is 0.271. The van der Waals surface area contributed by atoms with Crippen molar-refractivity contribution in [3.8, 4) is 0 Å². The van der Waals surface area contributed by atoms with E-state index in [0.29, 0.717) is 11.6 Å². The van der Waals surface area contributed by atoms with Crippen LogP contribution in [-0.4, -0.2) is 20.3 Å². The lowest BCUT2D eigenvalue weighted by atomic mass is 10.2. The summed E-state index contributed by atoms with van der Waals surface area (Å²) in [5.41, 5.74) is 5.64. The molecular formula is C6H12N4O. The summed E-state index contributed by atoms with van der Waals surface area (Å²) in [4.78, 5) is 3.96. The minimum absolute atomic E-state index is 0.122. The summed E-state index contributed by atoms with van der Waals surface area (Å²) in [5.74, 6) is 1.03. The van der Waals surface area contributed by atoms with Gasteiger partial charge in [0.05, 0.1) is 6.04 Å². The Morgan fingerprint density at radius 3 is 2.91 bits per heavy atom. The molecule has 1 heterocycles. The van der Waals surface area contributed by atoms with E-state index < -0.39 is 0 Å². The summed E-state index contributed by atoms with van der Waals surface area (Å²) >= 11 is 0. The van der Waals surface area contributed by atoms with Gasteiger partial charge in [0, 0.05) is 0 Å². The van der Waals surface area contributed by atoms with Gasteiger partial charge in [-0.3, -0.25) is 5.10 Å². The summed E-state index contributed by atoms with van der Waals surface area (Å²) in [6.45, 7) is 1.84. The van der Waals surface area contributed by atoms with Gasteiger partial charge in [-0.15, -0.1) is 0 Å². The minimum atomic E-state index is -0.133. The van der Waals surface area contributed by atoms with Crippen LogP contribution in [0.5, 0.6) is 0 Å². The molecule has 0 aromatic carbocycles. The fraction of sp³-hybridized carbons (Fsp3) is 0.667. The molecule has 4 N–H and O–H groups in total. The van der Waals surface area contributed by atoms with Gasteiger partial charge >= 0.3 is 0 Å². The van der Waals surface area contributed by atoms with E-state index in [1.54, 1.807) is 0 Å². The second-order valence-corrected chi connectivity index (χ2v) is 2.31. The maximum Gasteiger partial charge on any atom is 0.167 e. The molecule has 1 aromatic heterocycles. The molecule has 0 fully saturated rings. The smallest absolute Gasteiger partial charge is 0.167 e. The fourth-order valence-corrected chi connectivity index (χ4v) is 0.729. The highest BCUT2D eigenvalue weighted by atomic mass is 16.3. The van der Waals surface area contributed by atoms with Crippen molar-refractivity contribution in [2.45, 2.75) is 26.0 Å². The molecule has 11 heavy (non-hydrogen) atoms. The van der Waals surface area contributed by atoms with Crippen molar-refractivity contribution in [2.75, 3.05) is 0 Å². The molecule has 0 bridgehead atoms. The average Bonchev–Trinajstić information content (AvgIpc) is 2.50. The fourth-order valence-electron chi connectivity index (χ4n) is 0.729. The third kappa shape index (κ3) is 1.75. The zero-order chi connectivity index (χ0) is 8.27. The van der Waals surface area contributed by atoms with Crippen molar-refractivity contribution in [2.24, 2.45) is 5.73 Å². The Kier molecular flexibility index (Phi) is 2.56. The van der Waals surface area contributed by atoms with E-state index in [1.807, 2.05) is 6.92 Å². The first-order valence-electron chi connectivity index (χ1n) is 3.55. The minimum Gasteiger partial charge on any atom is -0.388 e. The molecule has 0 saturated carbocycles. The molecule has 0 spiro atoms. The molecule has 62 valence electrons. The Bertz CT molecular complexity index is 222. The van der Waals surface area contributed by atoms with E-state index in [2.05, 4.69) is 15.2 Å². The maximum atomic E-state index is 8.63. The number of aliphatic hydroxyl groups is 1. The van der Waals surface area contributed by atoms with Crippen LogP contribution in [0.2, 0.25) is 0 Å². The van der Waals surface area contributed by atoms with E-state index in [-0.39, 0.29) is 12.6 Å². The normalized spacial score (nSPS) is 13.4. The summed E-state index contributed by atoms with van der Waals surface area (Å²) in [6.07, 6.45) is 0.794. The number of hydrogen-bond donors (Lipinski definition) is 3. The first-order valence-corrected chi connectivity index (χ1v) is 3.55. The van der Waals surface area contributed by atoms with Gasteiger partial charge in [-0.25, -0.2) is 4.98 Å². The van der Waals surface area contributed by atoms with E-state index in [9.17, 15) is 0 Å². The van der Waals surface area contributed by atoms with Crippen molar-refractivity contribution in [1.82, 2.24) is 15.2 Å². The lowest BCUT2D eigenvalue weighted by Crippen LogP contribution is -2.10. The Morgan fingerprint density at radius 1 is 1.73 bits per heavy atom. The van der Waals surface area contributed by atoms with Crippen molar-refractivity contribution in [1.29, 1.82) is 0 Å². The Morgan fingerprint density at radius 2 is 2.45 bits per heavy atom. The van der Waals surface area contributed by atoms with Gasteiger partial charge in [-0.1, -0.05) is 6.92 Å². The zero-order valence-electron chi connectivity index (χ0n) is 6.41. The summed E-state index contributed by atoms with van der Waals surface area (Å²) in [6, 6.07) is -0.133. The lowest BCUT2D eigenvalue weighted by Gasteiger charge is -2.00. The maximum absolute atomic E-state index is 8.63. The number of nitrogens with two attached hydrogens (primary N) is 1. The van der Waals surface area contributed by atoms with Crippen LogP contribution in [0.3, 0.4) is 0 Å². The third-order valence-corrected chi connectivity index (χ3v) is 1.47. The number of hydrogen-bond acceptors (Lipinski definition) is 4. The van der Waals surface area contributed by atoms with Gasteiger partial charge in [-0.05, 0) is 6.42 Å². The summed E-state index contributed by atoms with van der Waals surface area (Å²) < 4.78 is 0. The number of aromatic amines is 1. The average molecular weight is 156 g/mol. The molecule has 1 atom stereocenters. The number of aromatic nitrogens is 3. The molecule has 0 saturated heterocycles. The SMILES string of the molecule is CCC(N)c1n[nH]c(CO)n1. The molecule has 0 amide bonds. The van der Waals surface area contributed by atoms with Gasteiger partial charge in [0.1, 0.15) is 12.4 Å². The van der Waals surface area contributed by atoms with Crippen LogP contribution in [0.1, 0.15) is 31.0 Å². The van der Waals surface area contributed by atoms with Crippen molar-refractivity contribution < 1.29 is 5.11 Å². The van der Waals surface area contributed by atoms with Gasteiger partial charge in [0.15, 0.2) is 5.82 Å². The number of aliphatic hydroxyl groups excluding tert-OH is 1. The molecule has 0 radical (unpaired) electrons. The number of nitrogens with zero attached hydrogens (tertiary/aromatic N) is 2. The van der Waals surface area contributed by atoms with Crippen LogP contribution in [0.4, 0.5) is 0 Å². The van der Waals surface area contributed by atoms with Crippen LogP contribution in [0.15, 0.2) is 0 Å². The predicted octanol–water partition coefficient (Wildman–Crippen LogP) is -0.293. The van der Waals surface area contributed by atoms with Crippen LogP contribution >= 0.6 is 0 Å². The zero-order valence-corrected chi connectivity index (χ0v) is 6.41. The van der Waals surface area contributed by atoms with Gasteiger partial charge in [0.25, 0.3) is 0 Å². The van der Waals surface area contributed by atoms with Crippen LogP contribution in [0.25, 0.3) is 0 Å². The molecule has 0 aliphatic carbocycles. The first-order chi connectivity index (χ1) is 5.27. The highest BCUT2D eigenvalue weighted by molar-refractivity contribution is 4.94. The quantitative estimate of drug-likeness (QED) is 0.561. The highest BCUT2D eigenvalue weighted by Crippen LogP contribution is 2.06. The molecule has 0 aliphatic heterocycles. The molecule has 5 heteroatoms. The summed E-state index contributed by atoms with van der Waals surface area (Å²) in [5, 5.41) is 15.0. The predicted molar refractivity (Wildman–Crippen MR) is 39.5 cm³/mol. The molecule has 1 unspecified atom stereocenters. The van der Waals surface area contributed by atoms with Crippen LogP contribution in [-0.2, 0) is 6.61 Å². The number of rotatable bonds is 3. The summed E-state index contributed by atoms with van der Waals surface area (Å²) in [7, 11) is 0. The number of H-pyrrole nitrogens is 1. The topological polar surface area (TPSA) is 87.8 Å². The van der Waals surface area contributed by atoms with E-state index in [1.165, 1.54) is 0 Å². The molecule has 5 nitrogen and oxygen atoms in total. The Balaban J connectivity index is 2.71. The molecular weight excluding hydrogens is 144 g/mol. The second-order valence-electron chi connectivity index (χ2n) is 2.31. The van der Waals surface area contributed by atoms with E-state index in [4.69, 9.17) is 10.8 Å². The number of nitrogens with one attached hydrogen (secondary N) is 1. The monoisotopic (exact) mass is 156 g/mol. The largest absolute Gasteiger partial charge is 0.388 e. The Hall–Kier alpha value is -0.940. The third-order valence-electron chi connectivity index (χ3n) is 1.47. The van der Waals surface area contributed by atoms with E-state index >= 15 is 0 Å². The van der Waals surface area contributed by atoms with Gasteiger partial charge in [-0.2, -0.15) is 5.10 Å². The van der Waals surface area contributed by atoms with Gasteiger partial charge < -0.3 is 10.8 Å². The Labute approximate surface area is 64.6 Å². The van der Waals surface area contributed by atoms with Crippen molar-refractivity contribution in [3.05, 3.63) is 11.6 Å². The molecule has 0 aliphatic rings. The molecule has 1 rings (SSSR count). The van der Waals surface area contributed by atoms with Gasteiger partial charge in [0.2, 0.25) is 0 Å². The van der Waals surface area contributed by atoms with Crippen LogP contribution in [0, 0.1) is 0 Å². The highest BCUT2D eigenvalue weighted by Gasteiger charge is 2.08. The first kappa shape index (κ1) is 8.16. The molecule has 1 aromatic rings. The second kappa shape index (κ2) is 3.45. The van der Waals surface area contributed by atoms with E-state index in [0.717, 1.165) is 6.42 Å². The standard InChI is InChI=1S/C6H12N4O/c1-2-4(7)6-8-5(3-11)9-10-6/h4,11H,2-3,7H2,1H3,(H,8,9,10).